The van der Waals surface area contributed by atoms with Crippen LogP contribution in [0.15, 0.2) is 0 Å². The molecule has 0 aromatic carbocycles. The van der Waals surface area contributed by atoms with Crippen LogP contribution < -0.4 is 5.32 Å². The molecule has 0 radical (unpaired) electrons. The van der Waals surface area contributed by atoms with Gasteiger partial charge in [0.2, 0.25) is 0 Å². The Morgan fingerprint density at radius 1 is 1.11 bits per heavy atom. The van der Waals surface area contributed by atoms with E-state index < -0.39 is 0 Å². The Kier molecular flexibility index (Phi) is 7.25. The average Bonchev–Trinajstić information content (AvgIpc) is 2.77. The topological polar surface area (TPSA) is 15.3 Å². The number of nitrogens with one attached hydrogen (secondary N) is 1. The maximum absolute atomic E-state index is 3.73. The molecule has 0 bridgehead atoms. The van der Waals surface area contributed by atoms with Crippen molar-refractivity contribution in [2.45, 2.75) is 59.8 Å². The Morgan fingerprint density at radius 2 is 1.72 bits per heavy atom. The Balaban J connectivity index is 2.26. The van der Waals surface area contributed by atoms with E-state index in [1.54, 1.807) is 0 Å². The summed E-state index contributed by atoms with van der Waals surface area (Å²) in [6.07, 6.45) is 7.20. The Hall–Kier alpha value is -0.0800. The fourth-order valence-electron chi connectivity index (χ4n) is 3.57. The van der Waals surface area contributed by atoms with Crippen molar-refractivity contribution in [1.29, 1.82) is 0 Å². The monoisotopic (exact) mass is 254 g/mol. The van der Waals surface area contributed by atoms with Gasteiger partial charge < -0.3 is 10.2 Å². The number of hydrogen-bond donors (Lipinski definition) is 1. The highest BCUT2D eigenvalue weighted by Gasteiger charge is 2.33. The molecule has 108 valence electrons. The van der Waals surface area contributed by atoms with Crippen molar-refractivity contribution in [1.82, 2.24) is 10.2 Å². The molecule has 18 heavy (non-hydrogen) atoms. The summed E-state index contributed by atoms with van der Waals surface area (Å²) >= 11 is 0. The number of hydrogen-bond acceptors (Lipinski definition) is 2. The highest BCUT2D eigenvalue weighted by atomic mass is 15.1. The molecule has 1 rings (SSSR count). The van der Waals surface area contributed by atoms with Crippen LogP contribution in [0.5, 0.6) is 0 Å². The summed E-state index contributed by atoms with van der Waals surface area (Å²) in [5, 5.41) is 3.73. The number of nitrogens with zero attached hydrogens (tertiary/aromatic N) is 1. The highest BCUT2D eigenvalue weighted by Crippen LogP contribution is 2.42. The van der Waals surface area contributed by atoms with E-state index in [1.807, 2.05) is 0 Å². The van der Waals surface area contributed by atoms with E-state index in [2.05, 4.69) is 37.9 Å². The first-order valence-electron chi connectivity index (χ1n) is 8.05. The minimum Gasteiger partial charge on any atom is -0.315 e. The summed E-state index contributed by atoms with van der Waals surface area (Å²) in [6.45, 7) is 15.2. The zero-order valence-electron chi connectivity index (χ0n) is 13.1. The smallest absolute Gasteiger partial charge is 0.0107 e. The van der Waals surface area contributed by atoms with Gasteiger partial charge in [-0.05, 0) is 43.7 Å². The summed E-state index contributed by atoms with van der Waals surface area (Å²) in [7, 11) is 0. The molecule has 0 aliphatic heterocycles. The quantitative estimate of drug-likeness (QED) is 0.633. The average molecular weight is 254 g/mol. The molecule has 0 aromatic heterocycles. The lowest BCUT2D eigenvalue weighted by atomic mass is 9.78. The highest BCUT2D eigenvalue weighted by molar-refractivity contribution is 4.87. The van der Waals surface area contributed by atoms with Crippen molar-refractivity contribution in [3.63, 3.8) is 0 Å². The standard InChI is InChI=1S/C16H34N2/c1-5-18(6-2)12-11-17-14-16(13-15(3)4)9-7-8-10-16/h15,17H,5-14H2,1-4H3. The van der Waals surface area contributed by atoms with Crippen LogP contribution in [0.2, 0.25) is 0 Å². The van der Waals surface area contributed by atoms with Gasteiger partial charge in [0.05, 0.1) is 0 Å². The summed E-state index contributed by atoms with van der Waals surface area (Å²) in [6, 6.07) is 0. The summed E-state index contributed by atoms with van der Waals surface area (Å²) in [4.78, 5) is 2.50. The molecule has 0 spiro atoms. The van der Waals surface area contributed by atoms with Crippen molar-refractivity contribution in [3.05, 3.63) is 0 Å². The first-order chi connectivity index (χ1) is 8.62. The van der Waals surface area contributed by atoms with Gasteiger partial charge in [0.15, 0.2) is 0 Å². The molecule has 0 unspecified atom stereocenters. The zero-order chi connectivity index (χ0) is 13.4. The Morgan fingerprint density at radius 3 is 2.22 bits per heavy atom. The largest absolute Gasteiger partial charge is 0.315 e. The third-order valence-electron chi connectivity index (χ3n) is 4.50. The zero-order valence-corrected chi connectivity index (χ0v) is 13.1. The molecule has 0 amide bonds. The lowest BCUT2D eigenvalue weighted by Gasteiger charge is -2.31. The third kappa shape index (κ3) is 5.27. The van der Waals surface area contributed by atoms with Crippen LogP contribution in [0.3, 0.4) is 0 Å². The molecule has 1 fully saturated rings. The fourth-order valence-corrected chi connectivity index (χ4v) is 3.57. The van der Waals surface area contributed by atoms with Gasteiger partial charge in [-0.25, -0.2) is 0 Å². The van der Waals surface area contributed by atoms with Crippen LogP contribution in [0, 0.1) is 11.3 Å². The third-order valence-corrected chi connectivity index (χ3v) is 4.50. The van der Waals surface area contributed by atoms with Crippen LogP contribution in [0.4, 0.5) is 0 Å². The van der Waals surface area contributed by atoms with E-state index in [0.717, 1.165) is 12.5 Å². The van der Waals surface area contributed by atoms with Crippen LogP contribution >= 0.6 is 0 Å². The van der Waals surface area contributed by atoms with Gasteiger partial charge >= 0.3 is 0 Å². The van der Waals surface area contributed by atoms with Crippen molar-refractivity contribution in [3.8, 4) is 0 Å². The predicted octanol–water partition coefficient (Wildman–Crippen LogP) is 3.52. The molecule has 0 heterocycles. The van der Waals surface area contributed by atoms with Crippen molar-refractivity contribution >= 4 is 0 Å². The molecule has 2 nitrogen and oxygen atoms in total. The van der Waals surface area contributed by atoms with Crippen molar-refractivity contribution in [2.24, 2.45) is 11.3 Å². The minimum absolute atomic E-state index is 0.622. The van der Waals surface area contributed by atoms with Crippen LogP contribution in [0.1, 0.15) is 59.8 Å². The summed E-state index contributed by atoms with van der Waals surface area (Å²) in [5.74, 6) is 0.840. The Bertz CT molecular complexity index is 203. The normalized spacial score (nSPS) is 19.0. The van der Waals surface area contributed by atoms with Crippen molar-refractivity contribution < 1.29 is 0 Å². The first kappa shape index (κ1) is 16.0. The molecular weight excluding hydrogens is 220 g/mol. The van der Waals surface area contributed by atoms with E-state index in [1.165, 1.54) is 58.3 Å². The molecule has 0 atom stereocenters. The minimum atomic E-state index is 0.622. The van der Waals surface area contributed by atoms with Gasteiger partial charge in [-0.15, -0.1) is 0 Å². The second-order valence-electron chi connectivity index (χ2n) is 6.51. The van der Waals surface area contributed by atoms with E-state index in [-0.39, 0.29) is 0 Å². The van der Waals surface area contributed by atoms with Crippen LogP contribution in [-0.2, 0) is 0 Å². The van der Waals surface area contributed by atoms with Crippen LogP contribution in [0.25, 0.3) is 0 Å². The summed E-state index contributed by atoms with van der Waals surface area (Å²) < 4.78 is 0. The van der Waals surface area contributed by atoms with Gasteiger partial charge in [-0.2, -0.15) is 0 Å². The van der Waals surface area contributed by atoms with Crippen LogP contribution in [-0.4, -0.2) is 37.6 Å². The molecule has 1 aliphatic carbocycles. The predicted molar refractivity (Wildman–Crippen MR) is 81.0 cm³/mol. The molecule has 1 saturated carbocycles. The Labute approximate surface area is 115 Å². The molecule has 1 aliphatic rings. The maximum atomic E-state index is 3.73. The van der Waals surface area contributed by atoms with E-state index in [0.29, 0.717) is 5.41 Å². The molecular formula is C16H34N2. The lowest BCUT2D eigenvalue weighted by Crippen LogP contribution is -2.38. The van der Waals surface area contributed by atoms with Gasteiger partial charge in [0.25, 0.3) is 0 Å². The first-order valence-corrected chi connectivity index (χ1v) is 8.05. The van der Waals surface area contributed by atoms with Gasteiger partial charge in [0, 0.05) is 19.6 Å². The fraction of sp³-hybridized carbons (Fsp3) is 1.00. The summed E-state index contributed by atoms with van der Waals surface area (Å²) in [5.41, 5.74) is 0.622. The lowest BCUT2D eigenvalue weighted by molar-refractivity contribution is 0.217. The van der Waals surface area contributed by atoms with Gasteiger partial charge in [-0.3, -0.25) is 0 Å². The molecule has 1 N–H and O–H groups in total. The maximum Gasteiger partial charge on any atom is 0.0107 e. The van der Waals surface area contributed by atoms with E-state index in [9.17, 15) is 0 Å². The number of likely N-dealkylation sites (N-methyl/N-ethyl adjacent to an activating group) is 1. The van der Waals surface area contributed by atoms with E-state index >= 15 is 0 Å². The SMILES string of the molecule is CCN(CC)CCNCC1(CC(C)C)CCCC1. The van der Waals surface area contributed by atoms with Crippen molar-refractivity contribution in [2.75, 3.05) is 32.7 Å². The second kappa shape index (κ2) is 8.16. The second-order valence-corrected chi connectivity index (χ2v) is 6.51. The van der Waals surface area contributed by atoms with Gasteiger partial charge in [0.1, 0.15) is 0 Å². The van der Waals surface area contributed by atoms with E-state index in [4.69, 9.17) is 0 Å². The molecule has 0 saturated heterocycles. The number of rotatable bonds is 9. The van der Waals surface area contributed by atoms with Gasteiger partial charge in [-0.1, -0.05) is 40.5 Å². The molecule has 0 aromatic rings. The molecule has 2 heteroatoms.